The van der Waals surface area contributed by atoms with E-state index in [4.69, 9.17) is 5.84 Å². The van der Waals surface area contributed by atoms with Crippen molar-refractivity contribution in [2.45, 2.75) is 0 Å². The Labute approximate surface area is 34.5 Å². The van der Waals surface area contributed by atoms with Crippen molar-refractivity contribution in [2.75, 3.05) is 14.1 Å². The summed E-state index contributed by atoms with van der Waals surface area (Å²) < 4.78 is 0. The number of hydrogen-bond acceptors (Lipinski definition) is 2. The van der Waals surface area contributed by atoms with Gasteiger partial charge in [-0.25, -0.2) is 0 Å². The van der Waals surface area contributed by atoms with Crippen molar-refractivity contribution in [3.63, 3.8) is 0 Å². The molecule has 0 spiro atoms. The molecule has 0 atom stereocenters. The lowest BCUT2D eigenvalue weighted by atomic mass is 10.8. The summed E-state index contributed by atoms with van der Waals surface area (Å²) in [6.45, 7) is 0. The predicted molar refractivity (Wildman–Crippen MR) is 23.6 cm³/mol. The number of hydrogen-bond donors (Lipinski definition) is 1. The zero-order chi connectivity index (χ0) is 3.58. The van der Waals surface area contributed by atoms with Gasteiger partial charge in [0, 0.05) is 22.5 Å². The molecule has 29 valence electrons. The average molecular weight is 70.9 g/mol. The average Bonchev–Trinajstić information content (AvgIpc) is 0.811. The normalized spacial score (nSPS) is 7.20. The van der Waals surface area contributed by atoms with Crippen LogP contribution in [-0.4, -0.2) is 27.5 Å². The zero-order valence-electron chi connectivity index (χ0n) is 3.60. The van der Waals surface area contributed by atoms with Gasteiger partial charge in [0.15, 0.2) is 0 Å². The molecule has 2 N–H and O–H groups in total. The topological polar surface area (TPSA) is 29.3 Å². The molecule has 0 aromatic heterocycles. The minimum Gasteiger partial charge on any atom is -0.269 e. The number of nitrogens with zero attached hydrogens (tertiary/aromatic N) is 1. The quantitative estimate of drug-likeness (QED) is 0.226. The van der Waals surface area contributed by atoms with Gasteiger partial charge in [0.2, 0.25) is 0 Å². The molecule has 3 heteroatoms. The van der Waals surface area contributed by atoms with Crippen LogP contribution in [0.3, 0.4) is 0 Å². The summed E-state index contributed by atoms with van der Waals surface area (Å²) >= 11 is 0. The van der Waals surface area contributed by atoms with Crippen LogP contribution in [0.5, 0.6) is 0 Å². The van der Waals surface area contributed by atoms with Crippen molar-refractivity contribution >= 4 is 8.41 Å². The Bertz CT molecular complexity index is 12.4. The van der Waals surface area contributed by atoms with Gasteiger partial charge in [-0.05, 0) is 0 Å². The SMILES string of the molecule is CN(C)N.[B]. The first-order valence-electron chi connectivity index (χ1n) is 1.15. The Morgan fingerprint density at radius 1 is 1.40 bits per heavy atom. The van der Waals surface area contributed by atoms with E-state index in [1.165, 1.54) is 5.01 Å². The van der Waals surface area contributed by atoms with E-state index in [9.17, 15) is 0 Å². The molecule has 0 aliphatic heterocycles. The van der Waals surface area contributed by atoms with Gasteiger partial charge in [-0.3, -0.25) is 10.9 Å². The van der Waals surface area contributed by atoms with Gasteiger partial charge in [-0.2, -0.15) is 0 Å². The highest BCUT2D eigenvalue weighted by atomic mass is 15.4. The first-order chi connectivity index (χ1) is 1.73. The van der Waals surface area contributed by atoms with E-state index < -0.39 is 0 Å². The molecule has 0 saturated carbocycles. The van der Waals surface area contributed by atoms with E-state index in [2.05, 4.69) is 0 Å². The van der Waals surface area contributed by atoms with Gasteiger partial charge in [-0.15, -0.1) is 0 Å². The highest BCUT2D eigenvalue weighted by Gasteiger charge is 1.57. The monoisotopic (exact) mass is 71.1 g/mol. The minimum atomic E-state index is 0. The van der Waals surface area contributed by atoms with Crippen LogP contribution in [0.15, 0.2) is 0 Å². The fraction of sp³-hybridized carbons (Fsp3) is 1.00. The molecule has 3 radical (unpaired) electrons. The van der Waals surface area contributed by atoms with Crippen LogP contribution in [0, 0.1) is 0 Å². The van der Waals surface area contributed by atoms with Crippen molar-refractivity contribution in [1.29, 1.82) is 0 Å². The van der Waals surface area contributed by atoms with E-state index in [0.717, 1.165) is 0 Å². The zero-order valence-corrected chi connectivity index (χ0v) is 3.60. The minimum absolute atomic E-state index is 0. The standard InChI is InChI=1S/C2H8N2.B/c1-4(2)3;/h3H2,1-2H3;. The maximum absolute atomic E-state index is 4.94. The summed E-state index contributed by atoms with van der Waals surface area (Å²) in [5.41, 5.74) is 0. The molecule has 0 aliphatic rings. The lowest BCUT2D eigenvalue weighted by molar-refractivity contribution is 0.432. The maximum Gasteiger partial charge on any atom is 0.00105 e. The number of nitrogens with two attached hydrogens (primary N) is 1. The molecule has 0 fully saturated rings. The molecule has 0 bridgehead atoms. The Hall–Kier alpha value is -0.0151. The second-order valence-electron chi connectivity index (χ2n) is 0.964. The maximum atomic E-state index is 4.94. The molecule has 0 aliphatic carbocycles. The van der Waals surface area contributed by atoms with Gasteiger partial charge in [-0.1, -0.05) is 0 Å². The van der Waals surface area contributed by atoms with Crippen LogP contribution < -0.4 is 5.84 Å². The molecule has 2 nitrogen and oxygen atoms in total. The third kappa shape index (κ3) is 69200. The van der Waals surface area contributed by atoms with Crippen LogP contribution in [0.1, 0.15) is 0 Å². The van der Waals surface area contributed by atoms with Crippen LogP contribution in [0.2, 0.25) is 0 Å². The van der Waals surface area contributed by atoms with E-state index >= 15 is 0 Å². The smallest absolute Gasteiger partial charge is 0.00105 e. The van der Waals surface area contributed by atoms with Gasteiger partial charge >= 0.3 is 0 Å². The van der Waals surface area contributed by atoms with Gasteiger partial charge < -0.3 is 0 Å². The van der Waals surface area contributed by atoms with E-state index in [1.54, 1.807) is 14.1 Å². The predicted octanol–water partition coefficient (Wildman–Crippen LogP) is -0.959. The third-order valence-corrected chi connectivity index (χ3v) is 0. The summed E-state index contributed by atoms with van der Waals surface area (Å²) in [7, 11) is 3.56. The number of hydrazine groups is 1. The Kier molecular flexibility index (Phi) is 7.08. The Morgan fingerprint density at radius 3 is 1.40 bits per heavy atom. The first kappa shape index (κ1) is 8.88. The van der Waals surface area contributed by atoms with Crippen molar-refractivity contribution in [2.24, 2.45) is 5.84 Å². The molecular weight excluding hydrogens is 62.8 g/mol. The summed E-state index contributed by atoms with van der Waals surface area (Å²) in [5.74, 6) is 4.94. The largest absolute Gasteiger partial charge is 0.269 e. The van der Waals surface area contributed by atoms with Gasteiger partial charge in [0.1, 0.15) is 0 Å². The third-order valence-electron chi connectivity index (χ3n) is 0. The number of rotatable bonds is 0. The molecule has 5 heavy (non-hydrogen) atoms. The molecular formula is C2H8BN2. The van der Waals surface area contributed by atoms with Crippen molar-refractivity contribution < 1.29 is 0 Å². The Balaban J connectivity index is 0. The molecule has 0 unspecified atom stereocenters. The molecule has 0 aromatic rings. The van der Waals surface area contributed by atoms with E-state index in [0.29, 0.717) is 0 Å². The van der Waals surface area contributed by atoms with Crippen LogP contribution in [0.25, 0.3) is 0 Å². The molecule has 0 heterocycles. The molecule has 0 rings (SSSR count). The van der Waals surface area contributed by atoms with Gasteiger partial charge in [0.05, 0.1) is 0 Å². The summed E-state index contributed by atoms with van der Waals surface area (Å²) in [4.78, 5) is 0. The fourth-order valence-electron chi connectivity index (χ4n) is 0. The summed E-state index contributed by atoms with van der Waals surface area (Å²) in [6.07, 6.45) is 0. The van der Waals surface area contributed by atoms with Gasteiger partial charge in [0.25, 0.3) is 0 Å². The lowest BCUT2D eigenvalue weighted by Gasteiger charge is -1.91. The van der Waals surface area contributed by atoms with Crippen molar-refractivity contribution in [3.8, 4) is 0 Å². The second-order valence-corrected chi connectivity index (χ2v) is 0.964. The van der Waals surface area contributed by atoms with Crippen LogP contribution in [-0.2, 0) is 0 Å². The van der Waals surface area contributed by atoms with Crippen molar-refractivity contribution in [1.82, 2.24) is 5.01 Å². The second kappa shape index (κ2) is 3.98. The fourth-order valence-corrected chi connectivity index (χ4v) is 0. The van der Waals surface area contributed by atoms with E-state index in [-0.39, 0.29) is 8.41 Å². The Morgan fingerprint density at radius 2 is 1.40 bits per heavy atom. The molecule has 0 aromatic carbocycles. The van der Waals surface area contributed by atoms with Crippen molar-refractivity contribution in [3.05, 3.63) is 0 Å². The van der Waals surface area contributed by atoms with E-state index in [1.807, 2.05) is 0 Å². The summed E-state index contributed by atoms with van der Waals surface area (Å²) in [6, 6.07) is 0. The van der Waals surface area contributed by atoms with Crippen LogP contribution >= 0.6 is 0 Å². The molecule has 0 amide bonds. The molecule has 0 saturated heterocycles. The highest BCUT2D eigenvalue weighted by Crippen LogP contribution is 1.37. The summed E-state index contributed by atoms with van der Waals surface area (Å²) in [5, 5.41) is 1.50. The first-order valence-corrected chi connectivity index (χ1v) is 1.15. The highest BCUT2D eigenvalue weighted by molar-refractivity contribution is 5.75. The lowest BCUT2D eigenvalue weighted by Crippen LogP contribution is -2.18. The van der Waals surface area contributed by atoms with Crippen LogP contribution in [0.4, 0.5) is 0 Å².